The van der Waals surface area contributed by atoms with Crippen molar-refractivity contribution in [3.05, 3.63) is 60.2 Å². The van der Waals surface area contributed by atoms with Crippen LogP contribution in [0.3, 0.4) is 0 Å². The number of hydrazone groups is 1. The van der Waals surface area contributed by atoms with E-state index in [2.05, 4.69) is 15.8 Å². The number of nitrogens with zero attached hydrogens (tertiary/aromatic N) is 1. The second-order valence-corrected chi connectivity index (χ2v) is 5.00. The molecule has 25 heavy (non-hydrogen) atoms. The molecular formula is C19H21N3O3. The van der Waals surface area contributed by atoms with Crippen molar-refractivity contribution in [1.82, 2.24) is 5.43 Å². The van der Waals surface area contributed by atoms with E-state index >= 15 is 0 Å². The smallest absolute Gasteiger partial charge is 0.259 e. The van der Waals surface area contributed by atoms with Crippen LogP contribution in [-0.2, 0) is 4.79 Å². The molecule has 2 N–H and O–H groups in total. The molecule has 0 bridgehead atoms. The van der Waals surface area contributed by atoms with Gasteiger partial charge in [0.25, 0.3) is 5.91 Å². The number of amides is 1. The van der Waals surface area contributed by atoms with Crippen LogP contribution in [0, 0.1) is 0 Å². The number of anilines is 1. The van der Waals surface area contributed by atoms with E-state index in [1.165, 1.54) is 6.21 Å². The van der Waals surface area contributed by atoms with Crippen molar-refractivity contribution >= 4 is 23.9 Å². The van der Waals surface area contributed by atoms with Crippen molar-refractivity contribution in [3.8, 4) is 11.5 Å². The molecule has 0 saturated carbocycles. The van der Waals surface area contributed by atoms with Gasteiger partial charge in [0.1, 0.15) is 11.5 Å². The molecule has 0 aromatic heterocycles. The van der Waals surface area contributed by atoms with Gasteiger partial charge >= 0.3 is 0 Å². The predicted molar refractivity (Wildman–Crippen MR) is 100 cm³/mol. The number of nitrogens with one attached hydrogen (secondary N) is 2. The second-order valence-electron chi connectivity index (χ2n) is 5.00. The summed E-state index contributed by atoms with van der Waals surface area (Å²) >= 11 is 0. The van der Waals surface area contributed by atoms with Crippen LogP contribution in [-0.4, -0.2) is 32.9 Å². The van der Waals surface area contributed by atoms with E-state index in [1.54, 1.807) is 20.3 Å². The molecule has 6 heteroatoms. The van der Waals surface area contributed by atoms with Crippen LogP contribution in [0.4, 0.5) is 5.69 Å². The van der Waals surface area contributed by atoms with Crippen LogP contribution in [0.1, 0.15) is 5.56 Å². The zero-order valence-corrected chi connectivity index (χ0v) is 14.2. The van der Waals surface area contributed by atoms with Crippen LogP contribution in [0.2, 0.25) is 0 Å². The van der Waals surface area contributed by atoms with Gasteiger partial charge in [-0.3, -0.25) is 4.79 Å². The summed E-state index contributed by atoms with van der Waals surface area (Å²) in [6.45, 7) is 0.125. The molecular weight excluding hydrogens is 318 g/mol. The van der Waals surface area contributed by atoms with E-state index in [1.807, 2.05) is 54.6 Å². The van der Waals surface area contributed by atoms with E-state index < -0.39 is 0 Å². The zero-order chi connectivity index (χ0) is 17.9. The lowest BCUT2D eigenvalue weighted by molar-refractivity contribution is -0.119. The maximum absolute atomic E-state index is 11.7. The van der Waals surface area contributed by atoms with Crippen molar-refractivity contribution < 1.29 is 14.3 Å². The summed E-state index contributed by atoms with van der Waals surface area (Å²) in [6, 6.07) is 15.0. The number of methoxy groups -OCH3 is 2. The minimum absolute atomic E-state index is 0.125. The first kappa shape index (κ1) is 18.1. The summed E-state index contributed by atoms with van der Waals surface area (Å²) in [7, 11) is 3.23. The molecule has 6 nitrogen and oxygen atoms in total. The zero-order valence-electron chi connectivity index (χ0n) is 14.2. The lowest BCUT2D eigenvalue weighted by Crippen LogP contribution is -2.25. The Balaban J connectivity index is 1.75. The summed E-state index contributed by atoms with van der Waals surface area (Å²) in [5.74, 6) is 1.30. The number of ether oxygens (including phenoxy) is 2. The van der Waals surface area contributed by atoms with E-state index in [-0.39, 0.29) is 12.5 Å². The molecule has 0 unspecified atom stereocenters. The van der Waals surface area contributed by atoms with E-state index in [0.29, 0.717) is 0 Å². The van der Waals surface area contributed by atoms with Crippen LogP contribution in [0.5, 0.6) is 11.5 Å². The highest BCUT2D eigenvalue weighted by atomic mass is 16.5. The highest BCUT2D eigenvalue weighted by Crippen LogP contribution is 2.18. The molecule has 130 valence electrons. The number of para-hydroxylation sites is 1. The lowest BCUT2D eigenvalue weighted by Gasteiger charge is -2.06. The molecule has 0 atom stereocenters. The number of rotatable bonds is 8. The number of hydrogen-bond acceptors (Lipinski definition) is 5. The van der Waals surface area contributed by atoms with E-state index in [0.717, 1.165) is 22.7 Å². The summed E-state index contributed by atoms with van der Waals surface area (Å²) < 4.78 is 10.3. The first-order valence-electron chi connectivity index (χ1n) is 7.72. The molecule has 1 amide bonds. The molecule has 0 radical (unpaired) electrons. The molecule has 0 aliphatic rings. The topological polar surface area (TPSA) is 72.0 Å². The molecule has 2 aromatic carbocycles. The van der Waals surface area contributed by atoms with Crippen LogP contribution in [0.25, 0.3) is 6.08 Å². The van der Waals surface area contributed by atoms with Crippen LogP contribution < -0.4 is 20.2 Å². The Kier molecular flexibility index (Phi) is 7.06. The predicted octanol–water partition coefficient (Wildman–Crippen LogP) is 2.93. The number of carbonyl (C=O) groups excluding carboxylic acids is 1. The van der Waals surface area contributed by atoms with Crippen LogP contribution in [0.15, 0.2) is 59.7 Å². The van der Waals surface area contributed by atoms with Gasteiger partial charge in [0.2, 0.25) is 0 Å². The maximum atomic E-state index is 11.7. The molecule has 0 heterocycles. The van der Waals surface area contributed by atoms with Gasteiger partial charge < -0.3 is 14.8 Å². The van der Waals surface area contributed by atoms with Gasteiger partial charge in [0.05, 0.1) is 20.8 Å². The lowest BCUT2D eigenvalue weighted by atomic mass is 10.2. The fourth-order valence-electron chi connectivity index (χ4n) is 2.03. The first-order chi connectivity index (χ1) is 12.2. The summed E-state index contributed by atoms with van der Waals surface area (Å²) in [5.41, 5.74) is 4.21. The van der Waals surface area contributed by atoms with Crippen molar-refractivity contribution in [2.45, 2.75) is 0 Å². The number of allylic oxidation sites excluding steroid dienone is 1. The Morgan fingerprint density at radius 2 is 1.84 bits per heavy atom. The highest BCUT2D eigenvalue weighted by molar-refractivity contribution is 5.83. The van der Waals surface area contributed by atoms with Crippen molar-refractivity contribution in [3.63, 3.8) is 0 Å². The Hall–Kier alpha value is -3.28. The number of benzene rings is 2. The SMILES string of the molecule is COc1ccc(NCC(=O)N/N=C/C=C/c2ccccc2OC)cc1. The molecule has 2 aromatic rings. The fraction of sp³-hybridized carbons (Fsp3) is 0.158. The quantitative estimate of drug-likeness (QED) is 0.573. The Morgan fingerprint density at radius 3 is 2.56 bits per heavy atom. The van der Waals surface area contributed by atoms with Gasteiger partial charge in [-0.1, -0.05) is 18.2 Å². The van der Waals surface area contributed by atoms with Crippen LogP contribution >= 0.6 is 0 Å². The van der Waals surface area contributed by atoms with Gasteiger partial charge in [0.15, 0.2) is 0 Å². The Bertz CT molecular complexity index is 740. The van der Waals surface area contributed by atoms with Gasteiger partial charge in [-0.2, -0.15) is 5.10 Å². The van der Waals surface area contributed by atoms with Gasteiger partial charge in [-0.15, -0.1) is 0 Å². The summed E-state index contributed by atoms with van der Waals surface area (Å²) in [4.78, 5) is 11.7. The third-order valence-electron chi connectivity index (χ3n) is 3.31. The Morgan fingerprint density at radius 1 is 1.08 bits per heavy atom. The van der Waals surface area contributed by atoms with E-state index in [9.17, 15) is 4.79 Å². The third kappa shape index (κ3) is 6.02. The average Bonchev–Trinajstić information content (AvgIpc) is 2.66. The van der Waals surface area contributed by atoms with Crippen molar-refractivity contribution in [1.29, 1.82) is 0 Å². The third-order valence-corrected chi connectivity index (χ3v) is 3.31. The number of hydrogen-bond donors (Lipinski definition) is 2. The monoisotopic (exact) mass is 339 g/mol. The summed E-state index contributed by atoms with van der Waals surface area (Å²) in [5, 5.41) is 6.87. The van der Waals surface area contributed by atoms with Gasteiger partial charge in [-0.25, -0.2) is 5.43 Å². The van der Waals surface area contributed by atoms with Crippen molar-refractivity contribution in [2.75, 3.05) is 26.1 Å². The summed E-state index contributed by atoms with van der Waals surface area (Å²) in [6.07, 6.45) is 5.09. The first-order valence-corrected chi connectivity index (χ1v) is 7.72. The second kappa shape index (κ2) is 9.77. The average molecular weight is 339 g/mol. The molecule has 0 spiro atoms. The molecule has 2 rings (SSSR count). The minimum Gasteiger partial charge on any atom is -0.497 e. The Labute approximate surface area is 147 Å². The van der Waals surface area contributed by atoms with Gasteiger partial charge in [0, 0.05) is 17.5 Å². The maximum Gasteiger partial charge on any atom is 0.259 e. The van der Waals surface area contributed by atoms with Gasteiger partial charge in [-0.05, 0) is 42.5 Å². The molecule has 0 aliphatic heterocycles. The van der Waals surface area contributed by atoms with Crippen molar-refractivity contribution in [2.24, 2.45) is 5.10 Å². The standard InChI is InChI=1S/C19H21N3O3/c1-24-17-11-9-16(10-12-17)20-14-19(23)22-21-13-5-7-15-6-3-4-8-18(15)25-2/h3-13,20H,14H2,1-2H3,(H,22,23)/b7-5+,21-13+. The highest BCUT2D eigenvalue weighted by Gasteiger charge is 1.99. The molecule has 0 fully saturated rings. The number of carbonyl (C=O) groups is 1. The fourth-order valence-corrected chi connectivity index (χ4v) is 2.03. The van der Waals surface area contributed by atoms with E-state index in [4.69, 9.17) is 9.47 Å². The minimum atomic E-state index is -0.238. The molecule has 0 saturated heterocycles. The largest absolute Gasteiger partial charge is 0.497 e. The normalized spacial score (nSPS) is 10.8. The molecule has 0 aliphatic carbocycles.